The summed E-state index contributed by atoms with van der Waals surface area (Å²) in [7, 11) is 1.65. The highest BCUT2D eigenvalue weighted by molar-refractivity contribution is 5.79. The SMILES string of the molecule is CCNC(=NCc1ccc(OCC)c(OC)c1)NCc1ccc(C)cc1OC1CCOC1. The number of benzene rings is 2. The van der Waals surface area contributed by atoms with Gasteiger partial charge in [-0.15, -0.1) is 0 Å². The van der Waals surface area contributed by atoms with Crippen LogP contribution in [0.25, 0.3) is 0 Å². The van der Waals surface area contributed by atoms with Crippen LogP contribution in [-0.4, -0.2) is 45.5 Å². The van der Waals surface area contributed by atoms with Crippen LogP contribution in [0.4, 0.5) is 0 Å². The third-order valence-corrected chi connectivity index (χ3v) is 5.14. The first-order valence-electron chi connectivity index (χ1n) is 11.3. The van der Waals surface area contributed by atoms with Crippen LogP contribution < -0.4 is 24.8 Å². The zero-order chi connectivity index (χ0) is 22.8. The number of hydrogen-bond acceptors (Lipinski definition) is 5. The number of ether oxygens (including phenoxy) is 4. The maximum atomic E-state index is 6.21. The molecule has 2 aromatic rings. The summed E-state index contributed by atoms with van der Waals surface area (Å²) >= 11 is 0. The van der Waals surface area contributed by atoms with Crippen LogP contribution in [0.5, 0.6) is 17.2 Å². The molecule has 1 aliphatic rings. The van der Waals surface area contributed by atoms with Crippen LogP contribution in [0.2, 0.25) is 0 Å². The van der Waals surface area contributed by atoms with Crippen molar-refractivity contribution < 1.29 is 18.9 Å². The largest absolute Gasteiger partial charge is 0.493 e. The lowest BCUT2D eigenvalue weighted by Crippen LogP contribution is -2.37. The Morgan fingerprint density at radius 1 is 1.09 bits per heavy atom. The van der Waals surface area contributed by atoms with Gasteiger partial charge in [0, 0.05) is 25.1 Å². The van der Waals surface area contributed by atoms with Gasteiger partial charge in [0.1, 0.15) is 11.9 Å². The van der Waals surface area contributed by atoms with E-state index in [0.29, 0.717) is 26.3 Å². The fraction of sp³-hybridized carbons (Fsp3) is 0.480. The molecule has 32 heavy (non-hydrogen) atoms. The molecular weight excluding hydrogens is 406 g/mol. The Labute approximate surface area is 191 Å². The van der Waals surface area contributed by atoms with Crippen LogP contribution >= 0.6 is 0 Å². The van der Waals surface area contributed by atoms with Gasteiger partial charge in [0.25, 0.3) is 0 Å². The molecule has 0 radical (unpaired) electrons. The molecular formula is C25H35N3O4. The van der Waals surface area contributed by atoms with Crippen molar-refractivity contribution in [2.24, 2.45) is 4.99 Å². The smallest absolute Gasteiger partial charge is 0.191 e. The van der Waals surface area contributed by atoms with E-state index in [9.17, 15) is 0 Å². The lowest BCUT2D eigenvalue weighted by molar-refractivity contribution is 0.140. The van der Waals surface area contributed by atoms with Crippen molar-refractivity contribution >= 4 is 5.96 Å². The Morgan fingerprint density at radius 3 is 2.69 bits per heavy atom. The second-order valence-electron chi connectivity index (χ2n) is 7.68. The summed E-state index contributed by atoms with van der Waals surface area (Å²) in [5.74, 6) is 3.11. The number of methoxy groups -OCH3 is 1. The molecule has 0 spiro atoms. The lowest BCUT2D eigenvalue weighted by atomic mass is 10.1. The Kier molecular flexibility index (Phi) is 9.04. The Hall–Kier alpha value is -2.93. The molecule has 0 saturated carbocycles. The first kappa shape index (κ1) is 23.7. The average molecular weight is 442 g/mol. The van der Waals surface area contributed by atoms with E-state index >= 15 is 0 Å². The summed E-state index contributed by atoms with van der Waals surface area (Å²) in [5.41, 5.74) is 3.31. The first-order valence-corrected chi connectivity index (χ1v) is 11.3. The molecule has 0 bridgehead atoms. The number of nitrogens with one attached hydrogen (secondary N) is 2. The van der Waals surface area contributed by atoms with Gasteiger partial charge in [-0.25, -0.2) is 4.99 Å². The van der Waals surface area contributed by atoms with Crippen molar-refractivity contribution in [2.45, 2.75) is 46.4 Å². The first-order chi connectivity index (χ1) is 15.6. The van der Waals surface area contributed by atoms with Crippen LogP contribution in [0.15, 0.2) is 41.4 Å². The van der Waals surface area contributed by atoms with E-state index < -0.39 is 0 Å². The van der Waals surface area contributed by atoms with Crippen LogP contribution in [0, 0.1) is 6.92 Å². The summed E-state index contributed by atoms with van der Waals surface area (Å²) in [6, 6.07) is 12.2. The summed E-state index contributed by atoms with van der Waals surface area (Å²) in [4.78, 5) is 4.74. The molecule has 1 heterocycles. The molecule has 3 rings (SSSR count). The van der Waals surface area contributed by atoms with Gasteiger partial charge in [-0.3, -0.25) is 0 Å². The number of aryl methyl sites for hydroxylation is 1. The standard InChI is InChI=1S/C25H35N3O4/c1-5-26-25(27-15-19-8-10-22(31-6-2)24(14-19)29-4)28-16-20-9-7-18(3)13-23(20)32-21-11-12-30-17-21/h7-10,13-14,21H,5-6,11-12,15-17H2,1-4H3,(H2,26,27,28). The molecule has 1 fully saturated rings. The van der Waals surface area contributed by atoms with Crippen LogP contribution in [-0.2, 0) is 17.8 Å². The molecule has 2 aromatic carbocycles. The number of aliphatic imine (C=N–C) groups is 1. The normalized spacial score (nSPS) is 16.0. The minimum Gasteiger partial charge on any atom is -0.493 e. The van der Waals surface area contributed by atoms with E-state index in [2.05, 4.69) is 42.7 Å². The summed E-state index contributed by atoms with van der Waals surface area (Å²) < 4.78 is 22.7. The van der Waals surface area contributed by atoms with Crippen molar-refractivity contribution in [1.82, 2.24) is 10.6 Å². The van der Waals surface area contributed by atoms with Crippen molar-refractivity contribution in [1.29, 1.82) is 0 Å². The van der Waals surface area contributed by atoms with E-state index in [-0.39, 0.29) is 6.10 Å². The topological polar surface area (TPSA) is 73.3 Å². The molecule has 0 aromatic heterocycles. The van der Waals surface area contributed by atoms with E-state index in [1.165, 1.54) is 5.56 Å². The fourth-order valence-electron chi connectivity index (χ4n) is 3.48. The van der Waals surface area contributed by atoms with E-state index in [0.717, 1.165) is 53.9 Å². The number of nitrogens with zero attached hydrogens (tertiary/aromatic N) is 1. The summed E-state index contributed by atoms with van der Waals surface area (Å²) in [5, 5.41) is 6.73. The third-order valence-electron chi connectivity index (χ3n) is 5.14. The molecule has 0 amide bonds. The molecule has 1 unspecified atom stereocenters. The minimum atomic E-state index is 0.118. The zero-order valence-electron chi connectivity index (χ0n) is 19.6. The predicted molar refractivity (Wildman–Crippen MR) is 127 cm³/mol. The highest BCUT2D eigenvalue weighted by Gasteiger charge is 2.18. The Morgan fingerprint density at radius 2 is 1.97 bits per heavy atom. The highest BCUT2D eigenvalue weighted by atomic mass is 16.5. The van der Waals surface area contributed by atoms with Gasteiger partial charge in [0.05, 0.1) is 33.5 Å². The maximum Gasteiger partial charge on any atom is 0.191 e. The molecule has 7 nitrogen and oxygen atoms in total. The lowest BCUT2D eigenvalue weighted by Gasteiger charge is -2.18. The van der Waals surface area contributed by atoms with Crippen molar-refractivity contribution in [3.8, 4) is 17.2 Å². The highest BCUT2D eigenvalue weighted by Crippen LogP contribution is 2.28. The molecule has 0 aliphatic carbocycles. The average Bonchev–Trinajstić information content (AvgIpc) is 3.30. The van der Waals surface area contributed by atoms with Gasteiger partial charge in [0.15, 0.2) is 17.5 Å². The predicted octanol–water partition coefficient (Wildman–Crippen LogP) is 3.83. The van der Waals surface area contributed by atoms with Gasteiger partial charge in [-0.1, -0.05) is 18.2 Å². The van der Waals surface area contributed by atoms with Gasteiger partial charge < -0.3 is 29.6 Å². The molecule has 2 N–H and O–H groups in total. The Bertz CT molecular complexity index is 895. The summed E-state index contributed by atoms with van der Waals surface area (Å²) in [6.07, 6.45) is 1.04. The second-order valence-corrected chi connectivity index (χ2v) is 7.68. The molecule has 1 aliphatic heterocycles. The van der Waals surface area contributed by atoms with Crippen molar-refractivity contribution in [3.05, 3.63) is 53.1 Å². The second kappa shape index (κ2) is 12.2. The van der Waals surface area contributed by atoms with Crippen LogP contribution in [0.3, 0.4) is 0 Å². The van der Waals surface area contributed by atoms with Gasteiger partial charge in [-0.2, -0.15) is 0 Å². The van der Waals surface area contributed by atoms with Crippen LogP contribution in [0.1, 0.15) is 37.0 Å². The minimum absolute atomic E-state index is 0.118. The molecule has 1 atom stereocenters. The number of rotatable bonds is 10. The van der Waals surface area contributed by atoms with Gasteiger partial charge >= 0.3 is 0 Å². The molecule has 7 heteroatoms. The number of hydrogen-bond donors (Lipinski definition) is 2. The van der Waals surface area contributed by atoms with Gasteiger partial charge in [0.2, 0.25) is 0 Å². The van der Waals surface area contributed by atoms with Gasteiger partial charge in [-0.05, 0) is 50.1 Å². The Balaban J connectivity index is 1.67. The third kappa shape index (κ3) is 6.79. The monoisotopic (exact) mass is 441 g/mol. The molecule has 1 saturated heterocycles. The van der Waals surface area contributed by atoms with E-state index in [1.807, 2.05) is 25.1 Å². The molecule has 174 valence electrons. The summed E-state index contributed by atoms with van der Waals surface area (Å²) in [6.45, 7) is 10.0. The van der Waals surface area contributed by atoms with E-state index in [1.54, 1.807) is 7.11 Å². The van der Waals surface area contributed by atoms with Crippen molar-refractivity contribution in [2.75, 3.05) is 33.5 Å². The fourth-order valence-corrected chi connectivity index (χ4v) is 3.48. The number of guanidine groups is 1. The van der Waals surface area contributed by atoms with E-state index in [4.69, 9.17) is 23.9 Å². The zero-order valence-corrected chi connectivity index (χ0v) is 19.6. The van der Waals surface area contributed by atoms with Crippen molar-refractivity contribution in [3.63, 3.8) is 0 Å². The quantitative estimate of drug-likeness (QED) is 0.431. The maximum absolute atomic E-state index is 6.21.